The number of benzene rings is 3. The van der Waals surface area contributed by atoms with Crippen molar-refractivity contribution < 1.29 is 18.5 Å². The third-order valence-corrected chi connectivity index (χ3v) is 5.73. The predicted molar refractivity (Wildman–Crippen MR) is 123 cm³/mol. The summed E-state index contributed by atoms with van der Waals surface area (Å²) in [5.74, 6) is -1.36. The molecular weight excluding hydrogens is 464 g/mol. The summed E-state index contributed by atoms with van der Waals surface area (Å²) in [6.45, 7) is 0.425. The summed E-state index contributed by atoms with van der Waals surface area (Å²) in [6.07, 6.45) is 0. The van der Waals surface area contributed by atoms with Gasteiger partial charge in [0.2, 0.25) is 11.7 Å². The lowest BCUT2D eigenvalue weighted by Crippen LogP contribution is -2.15. The van der Waals surface area contributed by atoms with E-state index in [9.17, 15) is 23.7 Å². The molecule has 1 aromatic heterocycles. The predicted octanol–water partition coefficient (Wildman–Crippen LogP) is 4.91. The van der Waals surface area contributed by atoms with Gasteiger partial charge in [0.25, 0.3) is 0 Å². The summed E-state index contributed by atoms with van der Waals surface area (Å²) >= 11 is 1.12. The van der Waals surface area contributed by atoms with Crippen LogP contribution < -0.4 is 5.32 Å². The number of carbonyl (C=O) groups is 1. The highest BCUT2D eigenvalue weighted by Crippen LogP contribution is 2.26. The lowest BCUT2D eigenvalue weighted by molar-refractivity contribution is -0.387. The molecule has 0 aliphatic heterocycles. The first kappa shape index (κ1) is 23.1. The molecule has 1 heterocycles. The maximum absolute atomic E-state index is 13.5. The molecule has 172 valence electrons. The van der Waals surface area contributed by atoms with Crippen molar-refractivity contribution in [1.29, 1.82) is 0 Å². The smallest absolute Gasteiger partial charge is 0.306 e. The SMILES string of the molecule is O=C(CSc1nnc(-c2ccc(F)cc2)n1Cc1ccccc1)Nc1ccc(F)c([N+](=O)[O-])c1. The summed E-state index contributed by atoms with van der Waals surface area (Å²) in [6, 6.07) is 18.6. The highest BCUT2D eigenvalue weighted by atomic mass is 32.2. The fraction of sp³-hybridized carbons (Fsp3) is 0.0870. The number of nitrogens with zero attached hydrogens (tertiary/aromatic N) is 4. The Morgan fingerprint density at radius 3 is 2.47 bits per heavy atom. The Morgan fingerprint density at radius 1 is 1.03 bits per heavy atom. The van der Waals surface area contributed by atoms with Crippen LogP contribution in [0.25, 0.3) is 11.4 Å². The third-order valence-electron chi connectivity index (χ3n) is 4.76. The Bertz CT molecular complexity index is 1330. The number of hydrogen-bond acceptors (Lipinski definition) is 6. The lowest BCUT2D eigenvalue weighted by atomic mass is 10.2. The number of nitrogens with one attached hydrogen (secondary N) is 1. The average molecular weight is 481 g/mol. The Labute approximate surface area is 196 Å². The number of anilines is 1. The Kier molecular flexibility index (Phi) is 6.93. The quantitative estimate of drug-likeness (QED) is 0.218. The first-order valence-corrected chi connectivity index (χ1v) is 11.0. The summed E-state index contributed by atoms with van der Waals surface area (Å²) in [5, 5.41) is 22.3. The monoisotopic (exact) mass is 481 g/mol. The molecule has 0 atom stereocenters. The van der Waals surface area contributed by atoms with Gasteiger partial charge in [-0.05, 0) is 42.0 Å². The van der Waals surface area contributed by atoms with Crippen molar-refractivity contribution in [2.24, 2.45) is 0 Å². The van der Waals surface area contributed by atoms with Crippen molar-refractivity contribution in [2.45, 2.75) is 11.7 Å². The normalized spacial score (nSPS) is 10.8. The molecule has 1 amide bonds. The van der Waals surface area contributed by atoms with Crippen LogP contribution in [0, 0.1) is 21.7 Å². The van der Waals surface area contributed by atoms with E-state index in [0.717, 1.165) is 29.5 Å². The summed E-state index contributed by atoms with van der Waals surface area (Å²) in [4.78, 5) is 22.5. The highest BCUT2D eigenvalue weighted by Gasteiger charge is 2.18. The minimum atomic E-state index is -0.986. The van der Waals surface area contributed by atoms with Crippen LogP contribution in [0.15, 0.2) is 78.0 Å². The zero-order valence-corrected chi connectivity index (χ0v) is 18.3. The third kappa shape index (κ3) is 5.44. The van der Waals surface area contributed by atoms with E-state index in [1.54, 1.807) is 12.1 Å². The fourth-order valence-electron chi connectivity index (χ4n) is 3.17. The second-order valence-electron chi connectivity index (χ2n) is 7.14. The van der Waals surface area contributed by atoms with Crippen molar-refractivity contribution in [3.05, 3.63) is 100 Å². The Balaban J connectivity index is 1.53. The largest absolute Gasteiger partial charge is 0.325 e. The number of halogens is 2. The maximum atomic E-state index is 13.5. The molecular formula is C23H17F2N5O3S. The van der Waals surface area contributed by atoms with Gasteiger partial charge in [0.1, 0.15) is 5.82 Å². The van der Waals surface area contributed by atoms with Crippen LogP contribution in [0.5, 0.6) is 0 Å². The molecule has 0 spiro atoms. The number of nitro groups is 1. The topological polar surface area (TPSA) is 103 Å². The average Bonchev–Trinajstić information content (AvgIpc) is 3.22. The molecule has 1 N–H and O–H groups in total. The highest BCUT2D eigenvalue weighted by molar-refractivity contribution is 7.99. The van der Waals surface area contributed by atoms with Crippen LogP contribution in [0.1, 0.15) is 5.56 Å². The lowest BCUT2D eigenvalue weighted by Gasteiger charge is -2.11. The maximum Gasteiger partial charge on any atom is 0.306 e. The van der Waals surface area contributed by atoms with Crippen molar-refractivity contribution in [2.75, 3.05) is 11.1 Å². The van der Waals surface area contributed by atoms with Crippen molar-refractivity contribution in [1.82, 2.24) is 14.8 Å². The molecule has 4 rings (SSSR count). The van der Waals surface area contributed by atoms with E-state index in [2.05, 4.69) is 15.5 Å². The van der Waals surface area contributed by atoms with Gasteiger partial charge in [-0.2, -0.15) is 4.39 Å². The second-order valence-corrected chi connectivity index (χ2v) is 8.09. The molecule has 4 aromatic rings. The van der Waals surface area contributed by atoms with Crippen LogP contribution >= 0.6 is 11.8 Å². The van der Waals surface area contributed by atoms with Gasteiger partial charge in [-0.1, -0.05) is 42.1 Å². The van der Waals surface area contributed by atoms with Crippen LogP contribution in [0.4, 0.5) is 20.2 Å². The van der Waals surface area contributed by atoms with Gasteiger partial charge in [-0.15, -0.1) is 10.2 Å². The van der Waals surface area contributed by atoms with Gasteiger partial charge in [0, 0.05) is 17.3 Å². The number of carbonyl (C=O) groups excluding carboxylic acids is 1. The molecule has 34 heavy (non-hydrogen) atoms. The molecule has 3 aromatic carbocycles. The number of thioether (sulfide) groups is 1. The zero-order valence-electron chi connectivity index (χ0n) is 17.5. The molecule has 0 unspecified atom stereocenters. The van der Waals surface area contributed by atoms with E-state index < -0.39 is 22.3 Å². The Hall–Kier alpha value is -4.12. The molecule has 0 aliphatic carbocycles. The van der Waals surface area contributed by atoms with Crippen molar-refractivity contribution in [3.8, 4) is 11.4 Å². The second kappa shape index (κ2) is 10.2. The van der Waals surface area contributed by atoms with Crippen LogP contribution in [0.2, 0.25) is 0 Å². The molecule has 0 fully saturated rings. The van der Waals surface area contributed by atoms with Gasteiger partial charge >= 0.3 is 5.69 Å². The van der Waals surface area contributed by atoms with Gasteiger partial charge in [0.05, 0.1) is 17.2 Å². The van der Waals surface area contributed by atoms with Gasteiger partial charge < -0.3 is 5.32 Å². The van der Waals surface area contributed by atoms with Gasteiger partial charge in [-0.3, -0.25) is 19.5 Å². The molecule has 0 aliphatic rings. The van der Waals surface area contributed by atoms with E-state index in [1.807, 2.05) is 34.9 Å². The fourth-order valence-corrected chi connectivity index (χ4v) is 3.91. The number of hydrogen-bond donors (Lipinski definition) is 1. The van der Waals surface area contributed by atoms with Gasteiger partial charge in [-0.25, -0.2) is 4.39 Å². The molecule has 0 bridgehead atoms. The van der Waals surface area contributed by atoms with E-state index in [-0.39, 0.29) is 17.3 Å². The summed E-state index contributed by atoms with van der Waals surface area (Å²) < 4.78 is 28.7. The van der Waals surface area contributed by atoms with E-state index in [0.29, 0.717) is 23.1 Å². The first-order chi connectivity index (χ1) is 16.4. The number of aromatic nitrogens is 3. The standard InChI is InChI=1S/C23H17F2N5O3S/c24-17-8-6-16(7-9-17)22-27-28-23(29(22)13-15-4-2-1-3-5-15)34-14-21(31)26-18-10-11-19(25)20(12-18)30(32)33/h1-12H,13-14H2,(H,26,31). The van der Waals surface area contributed by atoms with E-state index in [1.165, 1.54) is 18.2 Å². The minimum Gasteiger partial charge on any atom is -0.325 e. The summed E-state index contributed by atoms with van der Waals surface area (Å²) in [5.41, 5.74) is 1.03. The number of rotatable bonds is 8. The number of amides is 1. The Morgan fingerprint density at radius 2 is 1.76 bits per heavy atom. The van der Waals surface area contributed by atoms with Crippen LogP contribution in [0.3, 0.4) is 0 Å². The molecule has 8 nitrogen and oxygen atoms in total. The van der Waals surface area contributed by atoms with E-state index >= 15 is 0 Å². The molecule has 0 saturated heterocycles. The van der Waals surface area contributed by atoms with Crippen LogP contribution in [-0.2, 0) is 11.3 Å². The molecule has 0 radical (unpaired) electrons. The first-order valence-electron chi connectivity index (χ1n) is 10.0. The van der Waals surface area contributed by atoms with Gasteiger partial charge in [0.15, 0.2) is 11.0 Å². The van der Waals surface area contributed by atoms with Crippen molar-refractivity contribution >= 4 is 29.0 Å². The van der Waals surface area contributed by atoms with E-state index in [4.69, 9.17) is 0 Å². The summed E-state index contributed by atoms with van der Waals surface area (Å²) in [7, 11) is 0. The van der Waals surface area contributed by atoms with Crippen LogP contribution in [-0.4, -0.2) is 31.3 Å². The minimum absolute atomic E-state index is 0.0679. The van der Waals surface area contributed by atoms with Crippen molar-refractivity contribution in [3.63, 3.8) is 0 Å². The molecule has 11 heteroatoms. The number of nitro benzene ring substituents is 1. The zero-order chi connectivity index (χ0) is 24.1. The molecule has 0 saturated carbocycles.